The normalized spacial score (nSPS) is 20.8. The Morgan fingerprint density at radius 3 is 2.86 bits per heavy atom. The summed E-state index contributed by atoms with van der Waals surface area (Å²) in [5.41, 5.74) is 11.2. The molecule has 0 spiro atoms. The molecule has 0 bridgehead atoms. The molecule has 2 rings (SSSR count). The number of hydrogen-bond donors (Lipinski definition) is 2. The van der Waals surface area contributed by atoms with Crippen molar-refractivity contribution in [3.63, 3.8) is 0 Å². The van der Waals surface area contributed by atoms with E-state index in [2.05, 4.69) is 16.8 Å². The van der Waals surface area contributed by atoms with Gasteiger partial charge in [-0.15, -0.1) is 0 Å². The molecule has 2 amide bonds. The first-order valence-corrected chi connectivity index (χ1v) is 6.69. The Labute approximate surface area is 123 Å². The van der Waals surface area contributed by atoms with Crippen molar-refractivity contribution in [3.05, 3.63) is 29.6 Å². The summed E-state index contributed by atoms with van der Waals surface area (Å²) in [5.74, 6) is 5.02. The highest BCUT2D eigenvalue weighted by atomic mass is 16.2. The van der Waals surface area contributed by atoms with Crippen LogP contribution in [-0.2, 0) is 4.79 Å². The minimum absolute atomic E-state index is 0.163. The van der Waals surface area contributed by atoms with Crippen LogP contribution >= 0.6 is 0 Å². The number of nitrogens with two attached hydrogens (primary N) is 2. The maximum Gasteiger partial charge on any atom is 0.255 e. The number of nitrogens with zero attached hydrogens (tertiary/aromatic N) is 2. The van der Waals surface area contributed by atoms with Gasteiger partial charge in [0, 0.05) is 31.0 Å². The Morgan fingerprint density at radius 1 is 1.48 bits per heavy atom. The van der Waals surface area contributed by atoms with Gasteiger partial charge < -0.3 is 16.4 Å². The predicted molar refractivity (Wildman–Crippen MR) is 78.0 cm³/mol. The Kier molecular flexibility index (Phi) is 4.24. The van der Waals surface area contributed by atoms with Crippen LogP contribution < -0.4 is 11.5 Å². The van der Waals surface area contributed by atoms with E-state index in [-0.39, 0.29) is 18.4 Å². The first-order valence-electron chi connectivity index (χ1n) is 6.69. The standard InChI is InChI=1S/C15H18N4O2/c1-15(14(17)21)4-6-19(10-15)13(20)12-7-11(3-2-5-16)8-18-9-12/h7-9H,4-6,10,16H2,1H3,(H2,17,21). The van der Waals surface area contributed by atoms with Crippen LogP contribution in [0.25, 0.3) is 0 Å². The largest absolute Gasteiger partial charge is 0.369 e. The van der Waals surface area contributed by atoms with Crippen molar-refractivity contribution in [2.75, 3.05) is 19.6 Å². The molecule has 1 aromatic rings. The van der Waals surface area contributed by atoms with Crippen LogP contribution in [-0.4, -0.2) is 41.3 Å². The SMILES string of the molecule is CC1(C(N)=O)CCN(C(=O)c2cncc(C#CCN)c2)C1. The molecule has 21 heavy (non-hydrogen) atoms. The second kappa shape index (κ2) is 5.94. The highest BCUT2D eigenvalue weighted by Crippen LogP contribution is 2.30. The first-order chi connectivity index (χ1) is 9.96. The maximum absolute atomic E-state index is 12.4. The molecule has 1 aromatic heterocycles. The lowest BCUT2D eigenvalue weighted by Crippen LogP contribution is -2.38. The lowest BCUT2D eigenvalue weighted by Gasteiger charge is -2.21. The van der Waals surface area contributed by atoms with Gasteiger partial charge in [-0.2, -0.15) is 0 Å². The molecule has 4 N–H and O–H groups in total. The summed E-state index contributed by atoms with van der Waals surface area (Å²) in [6.07, 6.45) is 3.65. The molecule has 2 heterocycles. The van der Waals surface area contributed by atoms with Gasteiger partial charge in [0.25, 0.3) is 5.91 Å². The summed E-state index contributed by atoms with van der Waals surface area (Å²) in [6, 6.07) is 1.68. The van der Waals surface area contributed by atoms with Gasteiger partial charge in [-0.25, -0.2) is 0 Å². The van der Waals surface area contributed by atoms with Crippen molar-refractivity contribution < 1.29 is 9.59 Å². The number of aromatic nitrogens is 1. The lowest BCUT2D eigenvalue weighted by molar-refractivity contribution is -0.126. The van der Waals surface area contributed by atoms with E-state index in [1.165, 1.54) is 6.20 Å². The second-order valence-corrected chi connectivity index (χ2v) is 5.37. The van der Waals surface area contributed by atoms with E-state index >= 15 is 0 Å². The number of rotatable bonds is 2. The first kappa shape index (κ1) is 15.0. The smallest absolute Gasteiger partial charge is 0.255 e. The zero-order valence-electron chi connectivity index (χ0n) is 11.9. The summed E-state index contributed by atoms with van der Waals surface area (Å²) in [4.78, 5) is 29.5. The molecule has 1 fully saturated rings. The van der Waals surface area contributed by atoms with Crippen LogP contribution in [0.4, 0.5) is 0 Å². The molecule has 6 nitrogen and oxygen atoms in total. The zero-order chi connectivity index (χ0) is 15.5. The average molecular weight is 286 g/mol. The Balaban J connectivity index is 2.16. The number of hydrogen-bond acceptors (Lipinski definition) is 4. The monoisotopic (exact) mass is 286 g/mol. The van der Waals surface area contributed by atoms with Crippen LogP contribution in [0, 0.1) is 17.3 Å². The Morgan fingerprint density at radius 2 is 2.24 bits per heavy atom. The third-order valence-electron chi connectivity index (χ3n) is 3.68. The van der Waals surface area contributed by atoms with Crippen LogP contribution in [0.2, 0.25) is 0 Å². The van der Waals surface area contributed by atoms with E-state index in [1.54, 1.807) is 24.1 Å². The summed E-state index contributed by atoms with van der Waals surface area (Å²) in [6.45, 7) is 2.88. The third kappa shape index (κ3) is 3.20. The van der Waals surface area contributed by atoms with Gasteiger partial charge in [0.1, 0.15) is 0 Å². The number of carbonyl (C=O) groups is 2. The van der Waals surface area contributed by atoms with Crippen LogP contribution in [0.3, 0.4) is 0 Å². The fraction of sp³-hybridized carbons (Fsp3) is 0.400. The third-order valence-corrected chi connectivity index (χ3v) is 3.68. The predicted octanol–water partition coefficient (Wildman–Crippen LogP) is -0.271. The van der Waals surface area contributed by atoms with Crippen LogP contribution in [0.1, 0.15) is 29.3 Å². The zero-order valence-corrected chi connectivity index (χ0v) is 11.9. The minimum Gasteiger partial charge on any atom is -0.369 e. The highest BCUT2D eigenvalue weighted by molar-refractivity contribution is 5.95. The van der Waals surface area contributed by atoms with Crippen molar-refractivity contribution in [1.29, 1.82) is 0 Å². The van der Waals surface area contributed by atoms with Gasteiger partial charge in [0.2, 0.25) is 5.91 Å². The van der Waals surface area contributed by atoms with E-state index in [0.29, 0.717) is 30.6 Å². The van der Waals surface area contributed by atoms with Crippen molar-refractivity contribution in [2.45, 2.75) is 13.3 Å². The molecule has 1 aliphatic rings. The number of amides is 2. The summed E-state index contributed by atoms with van der Waals surface area (Å²) in [7, 11) is 0. The second-order valence-electron chi connectivity index (χ2n) is 5.37. The molecule has 0 radical (unpaired) electrons. The van der Waals surface area contributed by atoms with Gasteiger partial charge in [-0.3, -0.25) is 14.6 Å². The maximum atomic E-state index is 12.4. The molecule has 1 atom stereocenters. The molecular weight excluding hydrogens is 268 g/mol. The van der Waals surface area contributed by atoms with E-state index in [0.717, 1.165) is 0 Å². The number of likely N-dealkylation sites (tertiary alicyclic amines) is 1. The number of primary amides is 1. The Bertz CT molecular complexity index is 632. The van der Waals surface area contributed by atoms with E-state index in [4.69, 9.17) is 11.5 Å². The van der Waals surface area contributed by atoms with Gasteiger partial charge in [0.15, 0.2) is 0 Å². The Hall–Kier alpha value is -2.39. The number of carbonyl (C=O) groups excluding carboxylic acids is 2. The molecular formula is C15H18N4O2. The van der Waals surface area contributed by atoms with Crippen molar-refractivity contribution in [2.24, 2.45) is 16.9 Å². The average Bonchev–Trinajstić information content (AvgIpc) is 2.88. The van der Waals surface area contributed by atoms with Gasteiger partial charge in [-0.1, -0.05) is 11.8 Å². The topological polar surface area (TPSA) is 102 Å². The molecule has 1 unspecified atom stereocenters. The molecule has 0 saturated carbocycles. The fourth-order valence-electron chi connectivity index (χ4n) is 2.30. The quantitative estimate of drug-likeness (QED) is 0.730. The minimum atomic E-state index is -0.653. The summed E-state index contributed by atoms with van der Waals surface area (Å²) >= 11 is 0. The van der Waals surface area contributed by atoms with E-state index in [9.17, 15) is 9.59 Å². The van der Waals surface area contributed by atoms with Crippen molar-refractivity contribution in [1.82, 2.24) is 9.88 Å². The molecule has 110 valence electrons. The van der Waals surface area contributed by atoms with Crippen molar-refractivity contribution >= 4 is 11.8 Å². The summed E-state index contributed by atoms with van der Waals surface area (Å²) < 4.78 is 0. The molecule has 6 heteroatoms. The highest BCUT2D eigenvalue weighted by Gasteiger charge is 2.40. The summed E-state index contributed by atoms with van der Waals surface area (Å²) in [5, 5.41) is 0. The molecule has 1 saturated heterocycles. The molecule has 0 aromatic carbocycles. The molecule has 0 aliphatic carbocycles. The van der Waals surface area contributed by atoms with Crippen LogP contribution in [0.15, 0.2) is 18.5 Å². The fourth-order valence-corrected chi connectivity index (χ4v) is 2.30. The van der Waals surface area contributed by atoms with E-state index < -0.39 is 5.41 Å². The number of pyridine rings is 1. The van der Waals surface area contributed by atoms with E-state index in [1.807, 2.05) is 0 Å². The van der Waals surface area contributed by atoms with Gasteiger partial charge >= 0.3 is 0 Å². The van der Waals surface area contributed by atoms with Gasteiger partial charge in [0.05, 0.1) is 17.5 Å². The van der Waals surface area contributed by atoms with Crippen molar-refractivity contribution in [3.8, 4) is 11.8 Å². The molecule has 1 aliphatic heterocycles. The van der Waals surface area contributed by atoms with Crippen LogP contribution in [0.5, 0.6) is 0 Å². The van der Waals surface area contributed by atoms with Gasteiger partial charge in [-0.05, 0) is 19.4 Å². The lowest BCUT2D eigenvalue weighted by atomic mass is 9.89.